The number of carbonyl (C=O) groups is 2. The molecule has 19 heavy (non-hydrogen) atoms. The zero-order valence-corrected chi connectivity index (χ0v) is 10.1. The predicted molar refractivity (Wildman–Crippen MR) is 64.5 cm³/mol. The largest absolute Gasteiger partial charge is 0.417 e. The average Bonchev–Trinajstić information content (AvgIpc) is 2.33. The lowest BCUT2D eigenvalue weighted by atomic mass is 10.0. The smallest absolute Gasteiger partial charge is 0.353 e. The molecule has 0 aliphatic heterocycles. The van der Waals surface area contributed by atoms with Crippen LogP contribution in [0.3, 0.4) is 0 Å². The lowest BCUT2D eigenvalue weighted by Crippen LogP contribution is -2.19. The number of rotatable bonds is 4. The molecule has 1 aromatic carbocycles. The van der Waals surface area contributed by atoms with Crippen LogP contribution in [0.4, 0.5) is 13.2 Å². The van der Waals surface area contributed by atoms with Crippen LogP contribution in [0.25, 0.3) is 6.08 Å². The van der Waals surface area contributed by atoms with Gasteiger partial charge in [0.1, 0.15) is 0 Å². The van der Waals surface area contributed by atoms with E-state index in [-0.39, 0.29) is 18.7 Å². The fourth-order valence-corrected chi connectivity index (χ4v) is 1.42. The first kappa shape index (κ1) is 14.9. The van der Waals surface area contributed by atoms with Crippen molar-refractivity contribution < 1.29 is 22.8 Å². The SMILES string of the molecule is CC(=O)NCC=Cc1ccc(C=O)c(C(F)(F)F)c1. The van der Waals surface area contributed by atoms with Gasteiger partial charge in [-0.2, -0.15) is 13.2 Å². The number of aldehydes is 1. The van der Waals surface area contributed by atoms with Crippen molar-refractivity contribution in [1.29, 1.82) is 0 Å². The van der Waals surface area contributed by atoms with Crippen LogP contribution in [0.5, 0.6) is 0 Å². The van der Waals surface area contributed by atoms with Gasteiger partial charge >= 0.3 is 6.18 Å². The summed E-state index contributed by atoms with van der Waals surface area (Å²) in [7, 11) is 0. The Labute approximate surface area is 108 Å². The Morgan fingerprint density at radius 2 is 2.05 bits per heavy atom. The fourth-order valence-electron chi connectivity index (χ4n) is 1.42. The van der Waals surface area contributed by atoms with Crippen molar-refractivity contribution in [2.75, 3.05) is 6.54 Å². The Bertz CT molecular complexity index is 507. The van der Waals surface area contributed by atoms with Crippen LogP contribution < -0.4 is 5.32 Å². The van der Waals surface area contributed by atoms with Gasteiger partial charge in [0, 0.05) is 19.0 Å². The van der Waals surface area contributed by atoms with Gasteiger partial charge in [-0.25, -0.2) is 0 Å². The highest BCUT2D eigenvalue weighted by Crippen LogP contribution is 2.32. The Balaban J connectivity index is 2.93. The molecule has 0 heterocycles. The van der Waals surface area contributed by atoms with E-state index < -0.39 is 17.3 Å². The minimum absolute atomic E-state index is 0.174. The van der Waals surface area contributed by atoms with Gasteiger partial charge < -0.3 is 5.32 Å². The number of hydrogen-bond acceptors (Lipinski definition) is 2. The van der Waals surface area contributed by atoms with Gasteiger partial charge in [0.2, 0.25) is 5.91 Å². The summed E-state index contributed by atoms with van der Waals surface area (Å²) >= 11 is 0. The molecule has 0 aromatic heterocycles. The van der Waals surface area contributed by atoms with Gasteiger partial charge in [-0.05, 0) is 11.6 Å². The molecule has 1 N–H and O–H groups in total. The lowest BCUT2D eigenvalue weighted by molar-refractivity contribution is -0.137. The molecule has 0 aliphatic carbocycles. The van der Waals surface area contributed by atoms with Crippen molar-refractivity contribution in [3.8, 4) is 0 Å². The van der Waals surface area contributed by atoms with E-state index in [9.17, 15) is 22.8 Å². The van der Waals surface area contributed by atoms with E-state index in [2.05, 4.69) is 5.32 Å². The Morgan fingerprint density at radius 1 is 1.37 bits per heavy atom. The highest BCUT2D eigenvalue weighted by atomic mass is 19.4. The van der Waals surface area contributed by atoms with Crippen LogP contribution in [0, 0.1) is 0 Å². The molecule has 0 saturated heterocycles. The van der Waals surface area contributed by atoms with E-state index in [0.29, 0.717) is 5.56 Å². The van der Waals surface area contributed by atoms with Crippen molar-refractivity contribution in [3.05, 3.63) is 41.0 Å². The molecule has 0 bridgehead atoms. The third-order valence-electron chi connectivity index (χ3n) is 2.29. The van der Waals surface area contributed by atoms with Crippen molar-refractivity contribution in [1.82, 2.24) is 5.32 Å². The summed E-state index contributed by atoms with van der Waals surface area (Å²) in [5, 5.41) is 2.48. The number of carbonyl (C=O) groups excluding carboxylic acids is 2. The zero-order chi connectivity index (χ0) is 14.5. The first-order valence-electron chi connectivity index (χ1n) is 5.42. The van der Waals surface area contributed by atoms with Crippen LogP contribution in [0.15, 0.2) is 24.3 Å². The molecule has 0 unspecified atom stereocenters. The van der Waals surface area contributed by atoms with Gasteiger partial charge in [-0.15, -0.1) is 0 Å². The Hall–Kier alpha value is -2.11. The number of alkyl halides is 3. The average molecular weight is 271 g/mol. The lowest BCUT2D eigenvalue weighted by Gasteiger charge is -2.09. The van der Waals surface area contributed by atoms with E-state index in [1.165, 1.54) is 25.1 Å². The van der Waals surface area contributed by atoms with Crippen molar-refractivity contribution in [3.63, 3.8) is 0 Å². The third-order valence-corrected chi connectivity index (χ3v) is 2.29. The third kappa shape index (κ3) is 4.57. The monoisotopic (exact) mass is 271 g/mol. The standard InChI is InChI=1S/C13H12F3NO2/c1-9(19)17-6-2-3-10-4-5-11(8-18)12(7-10)13(14,15)16/h2-5,7-8H,6H2,1H3,(H,17,19). The second kappa shape index (κ2) is 6.17. The van der Waals surface area contributed by atoms with Gasteiger partial charge in [0.05, 0.1) is 5.56 Å². The highest BCUT2D eigenvalue weighted by molar-refractivity contribution is 5.78. The molecule has 0 saturated carbocycles. The minimum atomic E-state index is -4.57. The van der Waals surface area contributed by atoms with E-state index >= 15 is 0 Å². The molecule has 1 amide bonds. The summed E-state index contributed by atoms with van der Waals surface area (Å²) in [4.78, 5) is 21.1. The Kier molecular flexibility index (Phi) is 4.86. The number of hydrogen-bond donors (Lipinski definition) is 1. The van der Waals surface area contributed by atoms with Crippen molar-refractivity contribution >= 4 is 18.3 Å². The normalized spacial score (nSPS) is 11.6. The molecule has 0 spiro atoms. The molecular formula is C13H12F3NO2. The first-order valence-corrected chi connectivity index (χ1v) is 5.42. The predicted octanol–water partition coefficient (Wildman–Crippen LogP) is 2.67. The van der Waals surface area contributed by atoms with Gasteiger partial charge in [0.25, 0.3) is 0 Å². The number of amides is 1. The molecule has 0 radical (unpaired) electrons. The molecule has 0 fully saturated rings. The summed E-state index contributed by atoms with van der Waals surface area (Å²) in [6.45, 7) is 1.57. The van der Waals surface area contributed by atoms with Crippen LogP contribution in [0.1, 0.15) is 28.4 Å². The van der Waals surface area contributed by atoms with E-state index in [0.717, 1.165) is 12.1 Å². The topological polar surface area (TPSA) is 46.2 Å². The fraction of sp³-hybridized carbons (Fsp3) is 0.231. The Morgan fingerprint density at radius 3 is 2.58 bits per heavy atom. The summed E-state index contributed by atoms with van der Waals surface area (Å²) in [5.74, 6) is -0.225. The maximum atomic E-state index is 12.7. The molecular weight excluding hydrogens is 259 g/mol. The molecule has 1 aromatic rings. The van der Waals surface area contributed by atoms with Crippen LogP contribution in [-0.2, 0) is 11.0 Å². The quantitative estimate of drug-likeness (QED) is 0.856. The van der Waals surface area contributed by atoms with Crippen LogP contribution >= 0.6 is 0 Å². The molecule has 1 rings (SSSR count). The number of benzene rings is 1. The second-order valence-corrected chi connectivity index (χ2v) is 3.80. The second-order valence-electron chi connectivity index (χ2n) is 3.80. The van der Waals surface area contributed by atoms with E-state index in [1.807, 2.05) is 0 Å². The molecule has 0 atom stereocenters. The summed E-state index contributed by atoms with van der Waals surface area (Å²) in [5.41, 5.74) is -1.06. The van der Waals surface area contributed by atoms with Crippen molar-refractivity contribution in [2.45, 2.75) is 13.1 Å². The van der Waals surface area contributed by atoms with Crippen molar-refractivity contribution in [2.24, 2.45) is 0 Å². The van der Waals surface area contributed by atoms with E-state index in [1.54, 1.807) is 0 Å². The van der Waals surface area contributed by atoms with Gasteiger partial charge in [-0.1, -0.05) is 24.3 Å². The molecule has 102 valence electrons. The summed E-state index contributed by atoms with van der Waals surface area (Å²) < 4.78 is 38.0. The highest BCUT2D eigenvalue weighted by Gasteiger charge is 2.33. The molecule has 3 nitrogen and oxygen atoms in total. The first-order chi connectivity index (χ1) is 8.84. The summed E-state index contributed by atoms with van der Waals surface area (Å²) in [6, 6.07) is 3.42. The minimum Gasteiger partial charge on any atom is -0.353 e. The van der Waals surface area contributed by atoms with Gasteiger partial charge in [-0.3, -0.25) is 9.59 Å². The summed E-state index contributed by atoms with van der Waals surface area (Å²) in [6.07, 6.45) is -1.43. The molecule has 6 heteroatoms. The zero-order valence-electron chi connectivity index (χ0n) is 10.1. The maximum absolute atomic E-state index is 12.7. The van der Waals surface area contributed by atoms with Gasteiger partial charge in [0.15, 0.2) is 6.29 Å². The van der Waals surface area contributed by atoms with Crippen LogP contribution in [0.2, 0.25) is 0 Å². The number of nitrogens with one attached hydrogen (secondary N) is 1. The maximum Gasteiger partial charge on any atom is 0.417 e. The van der Waals surface area contributed by atoms with E-state index in [4.69, 9.17) is 0 Å². The van der Waals surface area contributed by atoms with Crippen LogP contribution in [-0.4, -0.2) is 18.7 Å². The molecule has 0 aliphatic rings. The number of halogens is 3.